The standard InChI is InChI=1S/C30H27NO2/c1-18-8-10-20(11-9-18)25-14-15-26(33-25)29-27-21-7-5-4-6-19(21)12-13-22(27)31-23-16-30(2,3)17-24(32)28(23)29/h4-15,29,31H,16-17H2,1-3H3. The molecule has 0 radical (unpaired) electrons. The molecule has 1 aliphatic heterocycles. The number of hydrogen-bond acceptors (Lipinski definition) is 3. The van der Waals surface area contributed by atoms with Gasteiger partial charge in [-0.3, -0.25) is 4.79 Å². The SMILES string of the molecule is Cc1ccc(-c2ccc(C3C4=C(CC(C)(C)CC4=O)Nc4ccc5ccccc5c43)o2)cc1. The van der Waals surface area contributed by atoms with Crippen molar-refractivity contribution in [2.24, 2.45) is 5.41 Å². The molecule has 1 unspecified atom stereocenters. The molecule has 1 N–H and O–H groups in total. The van der Waals surface area contributed by atoms with Crippen molar-refractivity contribution in [3.05, 3.63) is 101 Å². The first kappa shape index (κ1) is 20.0. The quantitative estimate of drug-likeness (QED) is 0.354. The highest BCUT2D eigenvalue weighted by molar-refractivity contribution is 6.04. The highest BCUT2D eigenvalue weighted by atomic mass is 16.3. The fourth-order valence-electron chi connectivity index (χ4n) is 5.47. The van der Waals surface area contributed by atoms with Gasteiger partial charge in [0, 0.05) is 28.9 Å². The van der Waals surface area contributed by atoms with Crippen LogP contribution in [0.4, 0.5) is 5.69 Å². The summed E-state index contributed by atoms with van der Waals surface area (Å²) in [5.41, 5.74) is 6.30. The molecule has 2 heterocycles. The largest absolute Gasteiger partial charge is 0.460 e. The summed E-state index contributed by atoms with van der Waals surface area (Å²) in [5.74, 6) is 1.65. The van der Waals surface area contributed by atoms with E-state index in [-0.39, 0.29) is 17.1 Å². The maximum atomic E-state index is 13.5. The average molecular weight is 434 g/mol. The number of ketones is 1. The molecule has 3 heteroatoms. The van der Waals surface area contributed by atoms with Crippen molar-refractivity contribution in [3.63, 3.8) is 0 Å². The van der Waals surface area contributed by atoms with Crippen molar-refractivity contribution in [1.29, 1.82) is 0 Å². The third-order valence-corrected chi connectivity index (χ3v) is 7.00. The van der Waals surface area contributed by atoms with Crippen LogP contribution in [0.25, 0.3) is 22.1 Å². The average Bonchev–Trinajstić information content (AvgIpc) is 3.27. The van der Waals surface area contributed by atoms with Crippen molar-refractivity contribution < 1.29 is 9.21 Å². The summed E-state index contributed by atoms with van der Waals surface area (Å²) in [5, 5.41) is 5.96. The first-order valence-corrected chi connectivity index (χ1v) is 11.6. The van der Waals surface area contributed by atoms with Gasteiger partial charge in [-0.2, -0.15) is 0 Å². The van der Waals surface area contributed by atoms with Crippen molar-refractivity contribution in [1.82, 2.24) is 0 Å². The first-order chi connectivity index (χ1) is 15.9. The number of benzene rings is 3. The van der Waals surface area contributed by atoms with Gasteiger partial charge < -0.3 is 9.73 Å². The van der Waals surface area contributed by atoms with E-state index in [9.17, 15) is 4.79 Å². The summed E-state index contributed by atoms with van der Waals surface area (Å²) in [6.07, 6.45) is 1.40. The van der Waals surface area contributed by atoms with Gasteiger partial charge in [0.05, 0.1) is 5.92 Å². The summed E-state index contributed by atoms with van der Waals surface area (Å²) in [4.78, 5) is 13.5. The number of carbonyl (C=O) groups is 1. The normalized spacial score (nSPS) is 19.2. The molecule has 1 atom stereocenters. The molecule has 164 valence electrons. The lowest BCUT2D eigenvalue weighted by atomic mass is 9.69. The van der Waals surface area contributed by atoms with E-state index in [4.69, 9.17) is 4.42 Å². The molecule has 1 aromatic heterocycles. The number of aryl methyl sites for hydroxylation is 1. The Morgan fingerprint density at radius 2 is 1.70 bits per heavy atom. The van der Waals surface area contributed by atoms with Crippen molar-refractivity contribution >= 4 is 22.2 Å². The molecule has 0 bridgehead atoms. The molecule has 33 heavy (non-hydrogen) atoms. The van der Waals surface area contributed by atoms with Crippen LogP contribution in [0.3, 0.4) is 0 Å². The molecule has 4 aromatic rings. The summed E-state index contributed by atoms with van der Waals surface area (Å²) in [6, 6.07) is 25.1. The monoisotopic (exact) mass is 433 g/mol. The number of furan rings is 1. The van der Waals surface area contributed by atoms with Gasteiger partial charge >= 0.3 is 0 Å². The zero-order valence-electron chi connectivity index (χ0n) is 19.2. The maximum Gasteiger partial charge on any atom is 0.162 e. The van der Waals surface area contributed by atoms with Gasteiger partial charge in [0.15, 0.2) is 5.78 Å². The number of anilines is 1. The summed E-state index contributed by atoms with van der Waals surface area (Å²) >= 11 is 0. The summed E-state index contributed by atoms with van der Waals surface area (Å²) < 4.78 is 6.49. The third-order valence-electron chi connectivity index (χ3n) is 7.00. The smallest absolute Gasteiger partial charge is 0.162 e. The maximum absolute atomic E-state index is 13.5. The van der Waals surface area contributed by atoms with Gasteiger partial charge in [-0.25, -0.2) is 0 Å². The van der Waals surface area contributed by atoms with Crippen LogP contribution < -0.4 is 5.32 Å². The van der Waals surface area contributed by atoms with E-state index >= 15 is 0 Å². The molecule has 1 aliphatic carbocycles. The van der Waals surface area contributed by atoms with Crippen LogP contribution in [0, 0.1) is 12.3 Å². The van der Waals surface area contributed by atoms with E-state index < -0.39 is 0 Å². The van der Waals surface area contributed by atoms with Crippen LogP contribution in [-0.2, 0) is 4.79 Å². The lowest BCUT2D eigenvalue weighted by Crippen LogP contribution is -2.33. The Bertz CT molecular complexity index is 1440. The van der Waals surface area contributed by atoms with Crippen molar-refractivity contribution in [3.8, 4) is 11.3 Å². The van der Waals surface area contributed by atoms with E-state index in [1.54, 1.807) is 0 Å². The van der Waals surface area contributed by atoms with Gasteiger partial charge in [0.2, 0.25) is 0 Å². The van der Waals surface area contributed by atoms with E-state index in [0.717, 1.165) is 51.4 Å². The molecule has 3 aromatic carbocycles. The fourth-order valence-corrected chi connectivity index (χ4v) is 5.47. The Morgan fingerprint density at radius 1 is 0.909 bits per heavy atom. The zero-order valence-corrected chi connectivity index (χ0v) is 19.2. The van der Waals surface area contributed by atoms with Crippen LogP contribution in [0.2, 0.25) is 0 Å². The topological polar surface area (TPSA) is 42.2 Å². The minimum atomic E-state index is -0.217. The Kier molecular flexibility index (Phi) is 4.38. The van der Waals surface area contributed by atoms with Crippen LogP contribution >= 0.6 is 0 Å². The van der Waals surface area contributed by atoms with Crippen molar-refractivity contribution in [2.75, 3.05) is 5.32 Å². The predicted molar refractivity (Wildman–Crippen MR) is 133 cm³/mol. The molecule has 0 saturated heterocycles. The number of Topliss-reactive ketones (excluding diaryl/α,β-unsaturated/α-hetero) is 1. The highest BCUT2D eigenvalue weighted by Gasteiger charge is 2.42. The number of allylic oxidation sites excluding steroid dienone is 2. The summed E-state index contributed by atoms with van der Waals surface area (Å²) in [6.45, 7) is 6.42. The second-order valence-corrected chi connectivity index (χ2v) is 10.2. The molecular weight excluding hydrogens is 406 g/mol. The summed E-state index contributed by atoms with van der Waals surface area (Å²) in [7, 11) is 0. The Labute approximate surface area is 194 Å². The van der Waals surface area contributed by atoms with Crippen LogP contribution in [0.1, 0.15) is 49.5 Å². The second kappa shape index (κ2) is 7.21. The zero-order chi connectivity index (χ0) is 22.7. The van der Waals surface area contributed by atoms with Crippen LogP contribution in [0.5, 0.6) is 0 Å². The molecule has 0 saturated carbocycles. The van der Waals surface area contributed by atoms with E-state index in [0.29, 0.717) is 6.42 Å². The van der Waals surface area contributed by atoms with Gasteiger partial charge in [-0.05, 0) is 53.3 Å². The molecule has 0 fully saturated rings. The van der Waals surface area contributed by atoms with E-state index in [1.165, 1.54) is 10.9 Å². The number of rotatable bonds is 2. The van der Waals surface area contributed by atoms with Gasteiger partial charge in [-0.15, -0.1) is 0 Å². The van der Waals surface area contributed by atoms with Gasteiger partial charge in [0.1, 0.15) is 11.5 Å². The van der Waals surface area contributed by atoms with Crippen molar-refractivity contribution in [2.45, 2.75) is 39.5 Å². The van der Waals surface area contributed by atoms with Gasteiger partial charge in [-0.1, -0.05) is 74.0 Å². The van der Waals surface area contributed by atoms with Crippen LogP contribution in [0.15, 0.2) is 88.5 Å². The van der Waals surface area contributed by atoms with E-state index in [2.05, 4.69) is 86.8 Å². The minimum Gasteiger partial charge on any atom is -0.460 e. The molecule has 3 nitrogen and oxygen atoms in total. The number of nitrogens with one attached hydrogen (secondary N) is 1. The van der Waals surface area contributed by atoms with E-state index in [1.807, 2.05) is 12.1 Å². The number of carbonyl (C=O) groups excluding carboxylic acids is 1. The molecule has 6 rings (SSSR count). The molecule has 0 amide bonds. The molecule has 2 aliphatic rings. The Balaban J connectivity index is 1.57. The highest BCUT2D eigenvalue weighted by Crippen LogP contribution is 2.51. The Hall–Kier alpha value is -3.59. The number of fused-ring (bicyclic) bond motifs is 3. The fraction of sp³-hybridized carbons (Fsp3) is 0.233. The molecular formula is C30H27NO2. The Morgan fingerprint density at radius 3 is 2.52 bits per heavy atom. The van der Waals surface area contributed by atoms with Crippen LogP contribution in [-0.4, -0.2) is 5.78 Å². The minimum absolute atomic E-state index is 0.0575. The predicted octanol–water partition coefficient (Wildman–Crippen LogP) is 7.61. The first-order valence-electron chi connectivity index (χ1n) is 11.6. The third kappa shape index (κ3) is 3.31. The lowest BCUT2D eigenvalue weighted by Gasteiger charge is -2.39. The molecule has 0 spiro atoms. The second-order valence-electron chi connectivity index (χ2n) is 10.2. The lowest BCUT2D eigenvalue weighted by molar-refractivity contribution is -0.118. The van der Waals surface area contributed by atoms with Gasteiger partial charge in [0.25, 0.3) is 0 Å². The number of hydrogen-bond donors (Lipinski definition) is 1.